The predicted octanol–water partition coefficient (Wildman–Crippen LogP) is 1.68. The fraction of sp³-hybridized carbons (Fsp3) is 0.333. The summed E-state index contributed by atoms with van der Waals surface area (Å²) in [7, 11) is 1.81. The molecule has 2 heterocycles. The Labute approximate surface area is 117 Å². The fourth-order valence-electron chi connectivity index (χ4n) is 2.57. The van der Waals surface area contributed by atoms with Crippen molar-refractivity contribution in [3.05, 3.63) is 36.0 Å². The Morgan fingerprint density at radius 3 is 2.85 bits per heavy atom. The lowest BCUT2D eigenvalue weighted by Crippen LogP contribution is -2.37. The number of likely N-dealkylation sites (N-methyl/N-ethyl adjacent to an activating group) is 1. The summed E-state index contributed by atoms with van der Waals surface area (Å²) in [6.45, 7) is 1.31. The minimum absolute atomic E-state index is 0.0378. The van der Waals surface area contributed by atoms with Crippen LogP contribution >= 0.6 is 0 Å². The van der Waals surface area contributed by atoms with Gasteiger partial charge in [0.15, 0.2) is 0 Å². The van der Waals surface area contributed by atoms with Crippen LogP contribution in [0.5, 0.6) is 0 Å². The number of amides is 1. The Balaban J connectivity index is 2.01. The van der Waals surface area contributed by atoms with Crippen LogP contribution in [0.15, 0.2) is 30.5 Å². The van der Waals surface area contributed by atoms with Gasteiger partial charge in [0.1, 0.15) is 5.82 Å². The second-order valence-corrected chi connectivity index (χ2v) is 5.04. The van der Waals surface area contributed by atoms with Gasteiger partial charge in [-0.05, 0) is 11.8 Å². The van der Waals surface area contributed by atoms with Crippen LogP contribution in [0.25, 0.3) is 10.8 Å². The predicted molar refractivity (Wildman–Crippen MR) is 77.5 cm³/mol. The number of nitrogens with two attached hydrogens (primary N) is 1. The first-order chi connectivity index (χ1) is 9.68. The van der Waals surface area contributed by atoms with Gasteiger partial charge in [-0.1, -0.05) is 24.3 Å². The monoisotopic (exact) mass is 271 g/mol. The van der Waals surface area contributed by atoms with Crippen LogP contribution in [0.4, 0.5) is 5.82 Å². The maximum Gasteiger partial charge on any atom is 0.256 e. The van der Waals surface area contributed by atoms with Crippen LogP contribution in [0.2, 0.25) is 0 Å². The molecule has 20 heavy (non-hydrogen) atoms. The van der Waals surface area contributed by atoms with E-state index in [0.717, 1.165) is 17.2 Å². The summed E-state index contributed by atoms with van der Waals surface area (Å²) in [4.78, 5) is 18.5. The third-order valence-corrected chi connectivity index (χ3v) is 3.83. The Hall–Kier alpha value is -2.14. The number of carbonyl (C=O) groups is 1. The van der Waals surface area contributed by atoms with Crippen LogP contribution in [0.3, 0.4) is 0 Å². The second-order valence-electron chi connectivity index (χ2n) is 5.04. The molecule has 2 N–H and O–H groups in total. The molecule has 5 heteroatoms. The van der Waals surface area contributed by atoms with Gasteiger partial charge >= 0.3 is 0 Å². The molecule has 1 unspecified atom stereocenters. The molecule has 3 rings (SSSR count). The quantitative estimate of drug-likeness (QED) is 0.902. The Bertz CT molecular complexity index is 651. The molecule has 5 nitrogen and oxygen atoms in total. The van der Waals surface area contributed by atoms with E-state index in [1.807, 2.05) is 31.3 Å². The van der Waals surface area contributed by atoms with Crippen molar-refractivity contribution in [2.24, 2.45) is 0 Å². The number of ether oxygens (including phenoxy) is 1. The molecule has 1 aromatic carbocycles. The highest BCUT2D eigenvalue weighted by atomic mass is 16.5. The minimum atomic E-state index is -0.0378. The number of hydrogen-bond acceptors (Lipinski definition) is 4. The van der Waals surface area contributed by atoms with Crippen molar-refractivity contribution in [3.8, 4) is 0 Å². The molecule has 1 aliphatic heterocycles. The van der Waals surface area contributed by atoms with E-state index in [2.05, 4.69) is 4.98 Å². The molecule has 0 radical (unpaired) electrons. The average molecular weight is 271 g/mol. The van der Waals surface area contributed by atoms with Crippen molar-refractivity contribution < 1.29 is 9.53 Å². The van der Waals surface area contributed by atoms with E-state index in [4.69, 9.17) is 10.5 Å². The zero-order chi connectivity index (χ0) is 14.1. The number of hydrogen-bond donors (Lipinski definition) is 1. The van der Waals surface area contributed by atoms with E-state index >= 15 is 0 Å². The maximum atomic E-state index is 12.6. The molecule has 1 saturated heterocycles. The van der Waals surface area contributed by atoms with Crippen molar-refractivity contribution in [2.45, 2.75) is 12.5 Å². The number of anilines is 1. The van der Waals surface area contributed by atoms with E-state index in [9.17, 15) is 4.79 Å². The van der Waals surface area contributed by atoms with Crippen molar-refractivity contribution >= 4 is 22.5 Å². The van der Waals surface area contributed by atoms with Gasteiger partial charge in [-0.25, -0.2) is 4.98 Å². The molecule has 1 aromatic heterocycles. The molecule has 1 fully saturated rings. The van der Waals surface area contributed by atoms with Gasteiger partial charge in [0.2, 0.25) is 0 Å². The first-order valence-corrected chi connectivity index (χ1v) is 6.66. The number of pyridine rings is 1. The normalized spacial score (nSPS) is 18.4. The number of fused-ring (bicyclic) bond motifs is 1. The molecular weight excluding hydrogens is 254 g/mol. The number of nitrogens with zero attached hydrogens (tertiary/aromatic N) is 2. The summed E-state index contributed by atoms with van der Waals surface area (Å²) in [5.41, 5.74) is 6.45. The van der Waals surface area contributed by atoms with Crippen molar-refractivity contribution in [2.75, 3.05) is 26.0 Å². The third kappa shape index (κ3) is 2.10. The maximum absolute atomic E-state index is 12.6. The van der Waals surface area contributed by atoms with Gasteiger partial charge in [0.25, 0.3) is 5.91 Å². The largest absolute Gasteiger partial charge is 0.383 e. The van der Waals surface area contributed by atoms with Gasteiger partial charge in [-0.3, -0.25) is 4.79 Å². The number of rotatable bonds is 2. The standard InChI is InChI=1S/C15H17N3O2/c1-18(10-6-7-20-9-10)15(19)13-8-17-14(16)12-5-3-2-4-11(12)13/h2-5,8,10H,6-7,9H2,1H3,(H2,16,17). The lowest BCUT2D eigenvalue weighted by atomic mass is 10.1. The molecule has 2 aromatic rings. The lowest BCUT2D eigenvalue weighted by Gasteiger charge is -2.23. The van der Waals surface area contributed by atoms with Crippen molar-refractivity contribution in [1.82, 2.24) is 9.88 Å². The average Bonchev–Trinajstić information content (AvgIpc) is 3.01. The zero-order valence-electron chi connectivity index (χ0n) is 11.4. The summed E-state index contributed by atoms with van der Waals surface area (Å²) in [6, 6.07) is 7.71. The van der Waals surface area contributed by atoms with E-state index in [0.29, 0.717) is 24.6 Å². The summed E-state index contributed by atoms with van der Waals surface area (Å²) >= 11 is 0. The van der Waals surface area contributed by atoms with Crippen LogP contribution < -0.4 is 5.73 Å². The zero-order valence-corrected chi connectivity index (χ0v) is 11.4. The Kier molecular flexibility index (Phi) is 3.28. The number of carbonyl (C=O) groups excluding carboxylic acids is 1. The summed E-state index contributed by atoms with van der Waals surface area (Å²) in [6.07, 6.45) is 2.44. The molecular formula is C15H17N3O2. The van der Waals surface area contributed by atoms with E-state index in [1.54, 1.807) is 11.1 Å². The highest BCUT2D eigenvalue weighted by Gasteiger charge is 2.26. The van der Waals surface area contributed by atoms with Gasteiger partial charge in [-0.15, -0.1) is 0 Å². The van der Waals surface area contributed by atoms with Crippen molar-refractivity contribution in [1.29, 1.82) is 0 Å². The number of nitrogen functional groups attached to an aromatic ring is 1. The SMILES string of the molecule is CN(C(=O)c1cnc(N)c2ccccc12)C1CCOC1. The van der Waals surface area contributed by atoms with Gasteiger partial charge < -0.3 is 15.4 Å². The summed E-state index contributed by atoms with van der Waals surface area (Å²) in [5, 5.41) is 1.66. The molecule has 104 valence electrons. The van der Waals surface area contributed by atoms with Crippen LogP contribution in [-0.4, -0.2) is 42.1 Å². The Morgan fingerprint density at radius 1 is 1.40 bits per heavy atom. The smallest absolute Gasteiger partial charge is 0.256 e. The van der Waals surface area contributed by atoms with Crippen LogP contribution in [-0.2, 0) is 4.74 Å². The van der Waals surface area contributed by atoms with Gasteiger partial charge in [-0.2, -0.15) is 0 Å². The molecule has 0 bridgehead atoms. The highest BCUT2D eigenvalue weighted by molar-refractivity contribution is 6.08. The van der Waals surface area contributed by atoms with Crippen LogP contribution in [0.1, 0.15) is 16.8 Å². The topological polar surface area (TPSA) is 68.5 Å². The van der Waals surface area contributed by atoms with Crippen LogP contribution in [0, 0.1) is 0 Å². The number of aromatic nitrogens is 1. The highest BCUT2D eigenvalue weighted by Crippen LogP contribution is 2.24. The van der Waals surface area contributed by atoms with E-state index in [1.165, 1.54) is 0 Å². The van der Waals surface area contributed by atoms with E-state index < -0.39 is 0 Å². The third-order valence-electron chi connectivity index (χ3n) is 3.83. The number of benzene rings is 1. The Morgan fingerprint density at radius 2 is 2.15 bits per heavy atom. The fourth-order valence-corrected chi connectivity index (χ4v) is 2.57. The first-order valence-electron chi connectivity index (χ1n) is 6.66. The minimum Gasteiger partial charge on any atom is -0.383 e. The molecule has 1 aliphatic rings. The van der Waals surface area contributed by atoms with Gasteiger partial charge in [0, 0.05) is 25.2 Å². The second kappa shape index (κ2) is 5.09. The lowest BCUT2D eigenvalue weighted by molar-refractivity contribution is 0.0713. The summed E-state index contributed by atoms with van der Waals surface area (Å²) in [5.74, 6) is 0.410. The molecule has 0 spiro atoms. The summed E-state index contributed by atoms with van der Waals surface area (Å²) < 4.78 is 5.34. The van der Waals surface area contributed by atoms with Crippen molar-refractivity contribution in [3.63, 3.8) is 0 Å². The molecule has 0 saturated carbocycles. The molecule has 1 atom stereocenters. The van der Waals surface area contributed by atoms with Gasteiger partial charge in [0.05, 0.1) is 18.2 Å². The molecule has 0 aliphatic carbocycles. The molecule has 1 amide bonds. The first kappa shape index (κ1) is 12.9. The van der Waals surface area contributed by atoms with E-state index in [-0.39, 0.29) is 11.9 Å².